The Morgan fingerprint density at radius 3 is 2.13 bits per heavy atom. The van der Waals surface area contributed by atoms with E-state index < -0.39 is 0 Å². The summed E-state index contributed by atoms with van der Waals surface area (Å²) in [5.41, 5.74) is -0.0512. The molecule has 0 aliphatic heterocycles. The molecule has 0 aromatic heterocycles. The third-order valence-electron chi connectivity index (χ3n) is 2.77. The number of nitrogens with zero attached hydrogens (tertiary/aromatic N) is 1. The van der Waals surface area contributed by atoms with E-state index in [2.05, 4.69) is 27.7 Å². The van der Waals surface area contributed by atoms with Gasteiger partial charge in [0.2, 0.25) is 5.91 Å². The Balaban J connectivity index is 3.66. The van der Waals surface area contributed by atoms with Crippen molar-refractivity contribution in [3.8, 4) is 0 Å². The Hall–Kier alpha value is -0.530. The SMILES string of the molecule is [CH2]CCCCCCC(=O)N(C)C(C)(C)C. The van der Waals surface area contributed by atoms with E-state index in [1.54, 1.807) is 0 Å². The number of amides is 1. The Kier molecular flexibility index (Phi) is 6.62. The molecule has 0 spiro atoms. The van der Waals surface area contributed by atoms with Crippen molar-refractivity contribution in [2.45, 2.75) is 64.8 Å². The van der Waals surface area contributed by atoms with E-state index in [1.807, 2.05) is 11.9 Å². The van der Waals surface area contributed by atoms with Gasteiger partial charge >= 0.3 is 0 Å². The lowest BCUT2D eigenvalue weighted by Crippen LogP contribution is -2.42. The van der Waals surface area contributed by atoms with Gasteiger partial charge in [0.05, 0.1) is 0 Å². The van der Waals surface area contributed by atoms with E-state index in [4.69, 9.17) is 0 Å². The number of rotatable bonds is 6. The van der Waals surface area contributed by atoms with Crippen LogP contribution in [-0.4, -0.2) is 23.4 Å². The van der Waals surface area contributed by atoms with Crippen LogP contribution >= 0.6 is 0 Å². The number of carbonyl (C=O) groups is 1. The second kappa shape index (κ2) is 6.86. The second-order valence-electron chi connectivity index (χ2n) is 5.14. The molecule has 0 aromatic carbocycles. The highest BCUT2D eigenvalue weighted by molar-refractivity contribution is 5.76. The van der Waals surface area contributed by atoms with Crippen LogP contribution in [-0.2, 0) is 4.79 Å². The van der Waals surface area contributed by atoms with E-state index in [1.165, 1.54) is 12.8 Å². The van der Waals surface area contributed by atoms with Crippen LogP contribution in [0.1, 0.15) is 59.3 Å². The molecule has 2 nitrogen and oxygen atoms in total. The first-order valence-corrected chi connectivity index (χ1v) is 5.95. The van der Waals surface area contributed by atoms with Crippen LogP contribution in [0.25, 0.3) is 0 Å². The van der Waals surface area contributed by atoms with Crippen molar-refractivity contribution in [2.75, 3.05) is 7.05 Å². The summed E-state index contributed by atoms with van der Waals surface area (Å²) in [5, 5.41) is 0. The minimum atomic E-state index is -0.0512. The summed E-state index contributed by atoms with van der Waals surface area (Å²) in [6, 6.07) is 0. The molecule has 0 N–H and O–H groups in total. The average Bonchev–Trinajstić information content (AvgIpc) is 2.14. The van der Waals surface area contributed by atoms with Gasteiger partial charge in [-0.05, 0) is 27.2 Å². The van der Waals surface area contributed by atoms with Gasteiger partial charge < -0.3 is 4.90 Å². The summed E-state index contributed by atoms with van der Waals surface area (Å²) < 4.78 is 0. The molecule has 2 heteroatoms. The minimum absolute atomic E-state index is 0.0512. The maximum absolute atomic E-state index is 11.7. The molecule has 0 saturated heterocycles. The van der Waals surface area contributed by atoms with Gasteiger partial charge in [0.25, 0.3) is 0 Å². The predicted molar refractivity (Wildman–Crippen MR) is 65.6 cm³/mol. The maximum Gasteiger partial charge on any atom is 0.222 e. The highest BCUT2D eigenvalue weighted by Gasteiger charge is 2.21. The molecule has 0 fully saturated rings. The van der Waals surface area contributed by atoms with Gasteiger partial charge in [0.1, 0.15) is 0 Å². The topological polar surface area (TPSA) is 20.3 Å². The minimum Gasteiger partial charge on any atom is -0.341 e. The summed E-state index contributed by atoms with van der Waals surface area (Å²) in [6.07, 6.45) is 6.25. The average molecular weight is 212 g/mol. The third-order valence-corrected chi connectivity index (χ3v) is 2.77. The standard InChI is InChI=1S/C13H26NO/c1-6-7-8-9-10-11-12(15)14(5)13(2,3)4/h1,6-11H2,2-5H3. The van der Waals surface area contributed by atoms with E-state index in [0.29, 0.717) is 6.42 Å². The van der Waals surface area contributed by atoms with Crippen molar-refractivity contribution in [3.63, 3.8) is 0 Å². The normalized spacial score (nSPS) is 11.5. The molecule has 0 unspecified atom stereocenters. The Labute approximate surface area is 95.0 Å². The first-order valence-electron chi connectivity index (χ1n) is 5.95. The zero-order valence-electron chi connectivity index (χ0n) is 10.8. The first kappa shape index (κ1) is 14.5. The number of unbranched alkanes of at least 4 members (excludes halogenated alkanes) is 4. The van der Waals surface area contributed by atoms with Crippen molar-refractivity contribution in [3.05, 3.63) is 6.92 Å². The van der Waals surface area contributed by atoms with Crippen LogP contribution in [0.5, 0.6) is 0 Å². The van der Waals surface area contributed by atoms with Gasteiger partial charge in [0, 0.05) is 19.0 Å². The molecule has 0 heterocycles. The fraction of sp³-hybridized carbons (Fsp3) is 0.846. The Bertz CT molecular complexity index is 181. The van der Waals surface area contributed by atoms with Gasteiger partial charge in [-0.15, -0.1) is 0 Å². The van der Waals surface area contributed by atoms with Crippen molar-refractivity contribution >= 4 is 5.91 Å². The zero-order chi connectivity index (χ0) is 11.9. The molecular weight excluding hydrogens is 186 g/mol. The molecule has 0 bridgehead atoms. The van der Waals surface area contributed by atoms with E-state index in [9.17, 15) is 4.79 Å². The van der Waals surface area contributed by atoms with Crippen molar-refractivity contribution in [2.24, 2.45) is 0 Å². The third kappa shape index (κ3) is 6.53. The molecule has 0 aliphatic rings. The van der Waals surface area contributed by atoms with Crippen LogP contribution in [0.4, 0.5) is 0 Å². The lowest BCUT2D eigenvalue weighted by atomic mass is 10.1. The van der Waals surface area contributed by atoms with E-state index in [-0.39, 0.29) is 11.4 Å². The van der Waals surface area contributed by atoms with E-state index in [0.717, 1.165) is 19.3 Å². The highest BCUT2D eigenvalue weighted by atomic mass is 16.2. The molecule has 1 amide bonds. The molecule has 0 saturated carbocycles. The van der Waals surface area contributed by atoms with Crippen LogP contribution in [0, 0.1) is 6.92 Å². The van der Waals surface area contributed by atoms with Crippen molar-refractivity contribution in [1.29, 1.82) is 0 Å². The quantitative estimate of drug-likeness (QED) is 0.618. The molecule has 15 heavy (non-hydrogen) atoms. The van der Waals surface area contributed by atoms with Gasteiger partial charge in [0.15, 0.2) is 0 Å². The van der Waals surface area contributed by atoms with E-state index >= 15 is 0 Å². The lowest BCUT2D eigenvalue weighted by Gasteiger charge is -2.32. The van der Waals surface area contributed by atoms with Crippen LogP contribution in [0.2, 0.25) is 0 Å². The van der Waals surface area contributed by atoms with Gasteiger partial charge in [-0.3, -0.25) is 4.79 Å². The zero-order valence-corrected chi connectivity index (χ0v) is 10.8. The van der Waals surface area contributed by atoms with Crippen LogP contribution < -0.4 is 0 Å². The Morgan fingerprint density at radius 1 is 1.13 bits per heavy atom. The molecule has 0 aliphatic carbocycles. The smallest absolute Gasteiger partial charge is 0.222 e. The molecule has 1 radical (unpaired) electrons. The fourth-order valence-electron chi connectivity index (χ4n) is 1.35. The molecular formula is C13H26NO. The van der Waals surface area contributed by atoms with Crippen LogP contribution in [0.15, 0.2) is 0 Å². The number of hydrogen-bond acceptors (Lipinski definition) is 1. The van der Waals surface area contributed by atoms with Gasteiger partial charge in [-0.1, -0.05) is 32.6 Å². The summed E-state index contributed by atoms with van der Waals surface area (Å²) in [7, 11) is 1.89. The number of carbonyl (C=O) groups excluding carboxylic acids is 1. The predicted octanol–water partition coefficient (Wildman–Crippen LogP) is 3.42. The fourth-order valence-corrected chi connectivity index (χ4v) is 1.35. The second-order valence-corrected chi connectivity index (χ2v) is 5.14. The van der Waals surface area contributed by atoms with Crippen molar-refractivity contribution in [1.82, 2.24) is 4.90 Å². The van der Waals surface area contributed by atoms with Crippen LogP contribution in [0.3, 0.4) is 0 Å². The number of hydrogen-bond donors (Lipinski definition) is 0. The monoisotopic (exact) mass is 212 g/mol. The Morgan fingerprint density at radius 2 is 1.67 bits per heavy atom. The molecule has 0 atom stereocenters. The first-order chi connectivity index (χ1) is 6.89. The van der Waals surface area contributed by atoms with Gasteiger partial charge in [-0.25, -0.2) is 0 Å². The lowest BCUT2D eigenvalue weighted by molar-refractivity contribution is -0.134. The largest absolute Gasteiger partial charge is 0.341 e. The summed E-state index contributed by atoms with van der Waals surface area (Å²) in [5.74, 6) is 0.261. The van der Waals surface area contributed by atoms with Gasteiger partial charge in [-0.2, -0.15) is 0 Å². The molecule has 0 rings (SSSR count). The summed E-state index contributed by atoms with van der Waals surface area (Å²) in [6.45, 7) is 9.99. The molecule has 89 valence electrons. The molecule has 0 aromatic rings. The highest BCUT2D eigenvalue weighted by Crippen LogP contribution is 2.13. The van der Waals surface area contributed by atoms with Crippen molar-refractivity contribution < 1.29 is 4.79 Å². The summed E-state index contributed by atoms with van der Waals surface area (Å²) >= 11 is 0. The summed E-state index contributed by atoms with van der Waals surface area (Å²) in [4.78, 5) is 13.6. The maximum atomic E-state index is 11.7.